The first-order chi connectivity index (χ1) is 21.3. The summed E-state index contributed by atoms with van der Waals surface area (Å²) < 4.78 is 5.29. The van der Waals surface area contributed by atoms with E-state index >= 15 is 0 Å². The summed E-state index contributed by atoms with van der Waals surface area (Å²) in [5.74, 6) is 4.35. The number of rotatable bonds is 6. The zero-order chi connectivity index (χ0) is 33.7. The van der Waals surface area contributed by atoms with Crippen LogP contribution in [-0.4, -0.2) is 7.11 Å². The van der Waals surface area contributed by atoms with Gasteiger partial charge in [0.2, 0.25) is 0 Å². The minimum absolute atomic E-state index is 0.529. The molecule has 5 rings (SSSR count). The summed E-state index contributed by atoms with van der Waals surface area (Å²) in [6.45, 7) is 24.2. The van der Waals surface area contributed by atoms with Gasteiger partial charge in [0.15, 0.2) is 0 Å². The topological polar surface area (TPSA) is 9.23 Å². The lowest BCUT2D eigenvalue weighted by Gasteiger charge is -2.15. The van der Waals surface area contributed by atoms with Crippen molar-refractivity contribution in [3.63, 3.8) is 0 Å². The van der Waals surface area contributed by atoms with E-state index in [1.54, 1.807) is 18.2 Å². The second kappa shape index (κ2) is 18.8. The highest BCUT2D eigenvalue weighted by atomic mass is 35.5. The number of aryl methyl sites for hydroxylation is 3. The fourth-order valence-electron chi connectivity index (χ4n) is 5.94. The molecule has 0 radical (unpaired) electrons. The first kappa shape index (κ1) is 38.2. The molecule has 0 spiro atoms. The van der Waals surface area contributed by atoms with E-state index in [0.717, 1.165) is 16.7 Å². The quantitative estimate of drug-likeness (QED) is 0.207. The van der Waals surface area contributed by atoms with E-state index in [1.165, 1.54) is 46.2 Å². The van der Waals surface area contributed by atoms with E-state index in [1.807, 2.05) is 30.3 Å². The molecule has 1 nitrogen and oxygen atoms in total. The summed E-state index contributed by atoms with van der Waals surface area (Å²) in [4.78, 5) is 0. The fraction of sp³-hybridized carbons (Fsp3) is 0.442. The Morgan fingerprint density at radius 2 is 1.13 bits per heavy atom. The minimum Gasteiger partial charge on any atom is -0.496 e. The standard InChI is InChI=1S/C13H18.C11H16O.C10H13Cl.C9H12/c1-9(2)13-10(3)5-4-6-12(13)11-7-8-11;1-8(2)11-9(3)6-5-7-10(11)12-4;1-7(2)10-5-4-9(11)6-8(10)3;1-8(2)9-6-4-3-5-7-9/h4-6,9,11H,7-8H2,1-3H3;5-8H,1-4H3;4-7H,1-3H3;3-8H,1-2H3. The second-order valence-corrected chi connectivity index (χ2v) is 14.0. The van der Waals surface area contributed by atoms with Gasteiger partial charge in [0.05, 0.1) is 7.11 Å². The van der Waals surface area contributed by atoms with Crippen molar-refractivity contribution in [3.05, 3.63) is 134 Å². The van der Waals surface area contributed by atoms with Crippen LogP contribution in [0.3, 0.4) is 0 Å². The molecule has 0 atom stereocenters. The largest absolute Gasteiger partial charge is 0.496 e. The Bertz CT molecular complexity index is 1430. The number of hydrogen-bond donors (Lipinski definition) is 0. The summed E-state index contributed by atoms with van der Waals surface area (Å²) in [6, 6.07) is 29.5. The van der Waals surface area contributed by atoms with Gasteiger partial charge in [-0.25, -0.2) is 0 Å². The van der Waals surface area contributed by atoms with E-state index in [2.05, 4.69) is 131 Å². The van der Waals surface area contributed by atoms with Crippen LogP contribution in [0.4, 0.5) is 0 Å². The van der Waals surface area contributed by atoms with Crippen LogP contribution in [0.5, 0.6) is 5.75 Å². The molecule has 1 aliphatic carbocycles. The fourth-order valence-corrected chi connectivity index (χ4v) is 6.17. The van der Waals surface area contributed by atoms with E-state index in [-0.39, 0.29) is 0 Å². The molecule has 2 heteroatoms. The average Bonchev–Trinajstić information content (AvgIpc) is 3.83. The van der Waals surface area contributed by atoms with Gasteiger partial charge in [-0.2, -0.15) is 0 Å². The molecule has 0 saturated heterocycles. The Morgan fingerprint density at radius 1 is 0.578 bits per heavy atom. The van der Waals surface area contributed by atoms with Crippen LogP contribution in [-0.2, 0) is 0 Å². The lowest BCUT2D eigenvalue weighted by atomic mass is 9.90. The summed E-state index contributed by atoms with van der Waals surface area (Å²) in [5, 5.41) is 0.826. The van der Waals surface area contributed by atoms with Gasteiger partial charge >= 0.3 is 0 Å². The summed E-state index contributed by atoms with van der Waals surface area (Å²) >= 11 is 5.82. The molecule has 0 aromatic heterocycles. The molecule has 0 unspecified atom stereocenters. The molecule has 0 heterocycles. The van der Waals surface area contributed by atoms with Crippen molar-refractivity contribution in [2.45, 2.75) is 119 Å². The molecule has 0 aliphatic heterocycles. The van der Waals surface area contributed by atoms with Gasteiger partial charge in [-0.1, -0.05) is 134 Å². The highest BCUT2D eigenvalue weighted by Gasteiger charge is 2.27. The van der Waals surface area contributed by atoms with Gasteiger partial charge in [-0.05, 0) is 126 Å². The Kier molecular flexibility index (Phi) is 16.0. The maximum absolute atomic E-state index is 5.82. The molecule has 4 aromatic carbocycles. The first-order valence-electron chi connectivity index (χ1n) is 16.8. The third-order valence-electron chi connectivity index (χ3n) is 8.35. The first-order valence-corrected chi connectivity index (χ1v) is 17.2. The van der Waals surface area contributed by atoms with Crippen LogP contribution in [0.2, 0.25) is 5.02 Å². The molecule has 1 aliphatic rings. The van der Waals surface area contributed by atoms with Gasteiger partial charge in [0.25, 0.3) is 0 Å². The molecule has 1 fully saturated rings. The number of benzene rings is 4. The Labute approximate surface area is 281 Å². The molecule has 45 heavy (non-hydrogen) atoms. The second-order valence-electron chi connectivity index (χ2n) is 13.6. The van der Waals surface area contributed by atoms with E-state index < -0.39 is 0 Å². The highest BCUT2D eigenvalue weighted by Crippen LogP contribution is 2.44. The van der Waals surface area contributed by atoms with Crippen molar-refractivity contribution in [1.29, 1.82) is 0 Å². The molecule has 0 N–H and O–H groups in total. The van der Waals surface area contributed by atoms with E-state index in [4.69, 9.17) is 16.3 Å². The Hall–Kier alpha value is -3.03. The molecule has 244 valence electrons. The van der Waals surface area contributed by atoms with E-state index in [0.29, 0.717) is 23.7 Å². The van der Waals surface area contributed by atoms with Crippen molar-refractivity contribution in [2.75, 3.05) is 7.11 Å². The molecular weight excluding hydrogens is 568 g/mol. The molecule has 1 saturated carbocycles. The summed E-state index contributed by atoms with van der Waals surface area (Å²) in [6.07, 6.45) is 2.81. The third kappa shape index (κ3) is 12.4. The van der Waals surface area contributed by atoms with Gasteiger partial charge in [0, 0.05) is 5.02 Å². The van der Waals surface area contributed by atoms with E-state index in [9.17, 15) is 0 Å². The number of hydrogen-bond acceptors (Lipinski definition) is 1. The van der Waals surface area contributed by atoms with Gasteiger partial charge in [-0.15, -0.1) is 0 Å². The lowest BCUT2D eigenvalue weighted by Crippen LogP contribution is -1.97. The molecular formula is C43H59ClO. The maximum Gasteiger partial charge on any atom is 0.122 e. The van der Waals surface area contributed by atoms with Crippen molar-refractivity contribution in [3.8, 4) is 5.75 Å². The molecule has 0 bridgehead atoms. The van der Waals surface area contributed by atoms with Crippen LogP contribution in [0.25, 0.3) is 0 Å². The lowest BCUT2D eigenvalue weighted by molar-refractivity contribution is 0.407. The van der Waals surface area contributed by atoms with Crippen LogP contribution in [0.15, 0.2) is 84.9 Å². The molecule has 0 amide bonds. The number of halogens is 1. The monoisotopic (exact) mass is 626 g/mol. The van der Waals surface area contributed by atoms with Crippen LogP contribution in [0, 0.1) is 20.8 Å². The van der Waals surface area contributed by atoms with Crippen molar-refractivity contribution in [1.82, 2.24) is 0 Å². The smallest absolute Gasteiger partial charge is 0.122 e. The van der Waals surface area contributed by atoms with Crippen molar-refractivity contribution >= 4 is 11.6 Å². The van der Waals surface area contributed by atoms with Gasteiger partial charge < -0.3 is 4.74 Å². The number of ether oxygens (including phenoxy) is 1. The van der Waals surface area contributed by atoms with Crippen LogP contribution >= 0.6 is 11.6 Å². The third-order valence-corrected chi connectivity index (χ3v) is 8.59. The predicted molar refractivity (Wildman–Crippen MR) is 200 cm³/mol. The SMILES string of the molecule is CC(C)c1ccccc1.COc1cccc(C)c1C(C)C.Cc1cc(Cl)ccc1C(C)C.Cc1cccc(C2CC2)c1C(C)C. The number of methoxy groups -OCH3 is 1. The predicted octanol–water partition coefficient (Wildman–Crippen LogP) is 13.7. The Balaban J connectivity index is 0.000000211. The maximum atomic E-state index is 5.82. The van der Waals surface area contributed by atoms with Crippen molar-refractivity contribution < 1.29 is 4.74 Å². The zero-order valence-electron chi connectivity index (χ0n) is 30.2. The summed E-state index contributed by atoms with van der Waals surface area (Å²) in [5.41, 5.74) is 11.4. The van der Waals surface area contributed by atoms with Crippen molar-refractivity contribution in [2.24, 2.45) is 0 Å². The van der Waals surface area contributed by atoms with Crippen LogP contribution < -0.4 is 4.74 Å². The summed E-state index contributed by atoms with van der Waals surface area (Å²) in [7, 11) is 1.72. The van der Waals surface area contributed by atoms with Gasteiger partial charge in [-0.3, -0.25) is 0 Å². The van der Waals surface area contributed by atoms with Crippen LogP contribution in [0.1, 0.15) is 142 Å². The normalized spacial score (nSPS) is 12.2. The average molecular weight is 627 g/mol. The van der Waals surface area contributed by atoms with Gasteiger partial charge in [0.1, 0.15) is 5.75 Å². The minimum atomic E-state index is 0.529. The Morgan fingerprint density at radius 3 is 1.56 bits per heavy atom. The zero-order valence-corrected chi connectivity index (χ0v) is 30.9. The highest BCUT2D eigenvalue weighted by molar-refractivity contribution is 6.30. The molecule has 4 aromatic rings.